The van der Waals surface area contributed by atoms with Crippen LogP contribution in [0.4, 0.5) is 4.39 Å². The summed E-state index contributed by atoms with van der Waals surface area (Å²) in [5.74, 6) is -1.71. The molecule has 2 saturated carbocycles. The molecule has 34 heavy (non-hydrogen) atoms. The molecule has 3 aliphatic rings. The van der Waals surface area contributed by atoms with E-state index in [1.54, 1.807) is 6.07 Å². The maximum absolute atomic E-state index is 14.3. The highest BCUT2D eigenvalue weighted by atomic mass is 35.5. The molecular formula is C24H25ClFN5O3. The molecule has 8 nitrogen and oxygen atoms in total. The Kier molecular flexibility index (Phi) is 5.72. The van der Waals surface area contributed by atoms with E-state index in [0.29, 0.717) is 24.1 Å². The van der Waals surface area contributed by atoms with Crippen LogP contribution in [0.3, 0.4) is 0 Å². The molecule has 0 radical (unpaired) electrons. The number of amides is 3. The summed E-state index contributed by atoms with van der Waals surface area (Å²) in [4.78, 5) is 40.9. The van der Waals surface area contributed by atoms with Crippen LogP contribution >= 0.6 is 11.6 Å². The van der Waals surface area contributed by atoms with Crippen LogP contribution in [-0.4, -0.2) is 40.3 Å². The molecule has 1 aromatic carbocycles. The molecule has 0 bridgehead atoms. The molecule has 1 spiro atoms. The molecule has 5 rings (SSSR count). The van der Waals surface area contributed by atoms with Crippen LogP contribution in [0, 0.1) is 29.0 Å². The van der Waals surface area contributed by atoms with E-state index >= 15 is 0 Å². The molecule has 2 aromatic rings. The van der Waals surface area contributed by atoms with Crippen molar-refractivity contribution in [1.29, 1.82) is 5.26 Å². The number of carbonyl (C=O) groups excluding carboxylic acids is 3. The van der Waals surface area contributed by atoms with Crippen molar-refractivity contribution < 1.29 is 18.8 Å². The minimum absolute atomic E-state index is 0.0570. The van der Waals surface area contributed by atoms with E-state index in [1.165, 1.54) is 12.1 Å². The number of benzene rings is 1. The van der Waals surface area contributed by atoms with Gasteiger partial charge in [-0.2, -0.15) is 5.26 Å². The lowest BCUT2D eigenvalue weighted by Gasteiger charge is -2.21. The van der Waals surface area contributed by atoms with Crippen molar-refractivity contribution >= 4 is 40.2 Å². The number of rotatable bonds is 8. The number of aromatic nitrogens is 1. The molecule has 1 aliphatic heterocycles. The minimum Gasteiger partial charge on any atom is -0.350 e. The maximum Gasteiger partial charge on any atom is 0.268 e. The molecule has 2 aliphatic carbocycles. The lowest BCUT2D eigenvalue weighted by atomic mass is 9.95. The summed E-state index contributed by atoms with van der Waals surface area (Å²) >= 11 is 5.82. The summed E-state index contributed by atoms with van der Waals surface area (Å²) in [6.07, 6.45) is 5.23. The van der Waals surface area contributed by atoms with Gasteiger partial charge >= 0.3 is 0 Å². The van der Waals surface area contributed by atoms with Crippen LogP contribution in [0.1, 0.15) is 55.4 Å². The van der Waals surface area contributed by atoms with Crippen molar-refractivity contribution in [2.75, 3.05) is 0 Å². The smallest absolute Gasteiger partial charge is 0.268 e. The van der Waals surface area contributed by atoms with E-state index in [0.717, 1.165) is 25.7 Å². The second-order valence-electron chi connectivity index (χ2n) is 9.81. The average molecular weight is 486 g/mol. The Labute approximate surface area is 200 Å². The van der Waals surface area contributed by atoms with Gasteiger partial charge in [0.15, 0.2) is 5.82 Å². The second kappa shape index (κ2) is 8.58. The molecule has 2 heterocycles. The van der Waals surface area contributed by atoms with Crippen LogP contribution in [0.15, 0.2) is 18.2 Å². The van der Waals surface area contributed by atoms with E-state index in [-0.39, 0.29) is 40.0 Å². The van der Waals surface area contributed by atoms with E-state index in [2.05, 4.69) is 27.0 Å². The van der Waals surface area contributed by atoms with Gasteiger partial charge in [0.05, 0.1) is 16.6 Å². The number of nitrogens with zero attached hydrogens (tertiary/aromatic N) is 1. The summed E-state index contributed by atoms with van der Waals surface area (Å²) in [6, 6.07) is 4.92. The van der Waals surface area contributed by atoms with E-state index in [9.17, 15) is 24.0 Å². The van der Waals surface area contributed by atoms with Gasteiger partial charge in [-0.15, -0.1) is 0 Å². The fourth-order valence-corrected chi connectivity index (χ4v) is 4.92. The number of nitriles is 1. The van der Waals surface area contributed by atoms with E-state index < -0.39 is 29.7 Å². The molecule has 10 heteroatoms. The molecule has 178 valence electrons. The lowest BCUT2D eigenvalue weighted by Crippen LogP contribution is -2.50. The van der Waals surface area contributed by atoms with Crippen molar-refractivity contribution in [3.8, 4) is 6.07 Å². The van der Waals surface area contributed by atoms with Crippen LogP contribution in [0.2, 0.25) is 5.02 Å². The summed E-state index contributed by atoms with van der Waals surface area (Å²) in [5.41, 5.74) is 0.130. The highest BCUT2D eigenvalue weighted by Crippen LogP contribution is 2.46. The summed E-state index contributed by atoms with van der Waals surface area (Å²) in [7, 11) is 0. The molecule has 4 N–H and O–H groups in total. The quantitative estimate of drug-likeness (QED) is 0.458. The topological polar surface area (TPSA) is 127 Å². The first-order valence-corrected chi connectivity index (χ1v) is 11.9. The first kappa shape index (κ1) is 22.7. The van der Waals surface area contributed by atoms with Gasteiger partial charge < -0.3 is 20.9 Å². The Morgan fingerprint density at radius 2 is 2.03 bits per heavy atom. The molecule has 1 aromatic heterocycles. The lowest BCUT2D eigenvalue weighted by molar-refractivity contribution is -0.125. The van der Waals surface area contributed by atoms with Gasteiger partial charge in [0.2, 0.25) is 11.8 Å². The Hall–Kier alpha value is -3.12. The van der Waals surface area contributed by atoms with Gasteiger partial charge in [-0.05, 0) is 50.2 Å². The number of hydrogen-bond acceptors (Lipinski definition) is 4. The van der Waals surface area contributed by atoms with Crippen molar-refractivity contribution in [2.24, 2.45) is 11.8 Å². The molecular weight excluding hydrogens is 461 g/mol. The number of carbonyl (C=O) groups is 3. The zero-order valence-electron chi connectivity index (χ0n) is 18.4. The van der Waals surface area contributed by atoms with Gasteiger partial charge in [-0.3, -0.25) is 14.4 Å². The molecule has 0 unspecified atom stereocenters. The zero-order valence-corrected chi connectivity index (χ0v) is 19.2. The Balaban J connectivity index is 1.26. The highest BCUT2D eigenvalue weighted by molar-refractivity contribution is 6.31. The second-order valence-corrected chi connectivity index (χ2v) is 10.2. The van der Waals surface area contributed by atoms with Crippen LogP contribution < -0.4 is 16.0 Å². The van der Waals surface area contributed by atoms with Crippen molar-refractivity contribution in [2.45, 2.75) is 62.6 Å². The molecule has 3 atom stereocenters. The fraction of sp³-hybridized carbons (Fsp3) is 0.500. The average Bonchev–Trinajstić information content (AvgIpc) is 3.70. The third-order valence-corrected chi connectivity index (χ3v) is 7.35. The number of halogens is 2. The van der Waals surface area contributed by atoms with Gasteiger partial charge in [0.1, 0.15) is 17.8 Å². The first-order valence-electron chi connectivity index (χ1n) is 11.6. The Morgan fingerprint density at radius 3 is 2.68 bits per heavy atom. The van der Waals surface area contributed by atoms with Crippen LogP contribution in [-0.2, 0) is 9.59 Å². The third kappa shape index (κ3) is 4.60. The Morgan fingerprint density at radius 1 is 1.26 bits per heavy atom. The van der Waals surface area contributed by atoms with Crippen molar-refractivity contribution in [1.82, 2.24) is 20.9 Å². The Bertz CT molecular complexity index is 1210. The summed E-state index contributed by atoms with van der Waals surface area (Å²) in [6.45, 7) is 0. The molecule has 1 saturated heterocycles. The maximum atomic E-state index is 14.3. The fourth-order valence-electron chi connectivity index (χ4n) is 4.77. The van der Waals surface area contributed by atoms with Crippen molar-refractivity contribution in [3.63, 3.8) is 0 Å². The number of aromatic amines is 1. The summed E-state index contributed by atoms with van der Waals surface area (Å²) < 4.78 is 14.3. The zero-order chi connectivity index (χ0) is 24.0. The van der Waals surface area contributed by atoms with Crippen molar-refractivity contribution in [3.05, 3.63) is 34.7 Å². The number of H-pyrrole nitrogens is 1. The van der Waals surface area contributed by atoms with Gasteiger partial charge in [-0.25, -0.2) is 4.39 Å². The largest absolute Gasteiger partial charge is 0.350 e. The van der Waals surface area contributed by atoms with E-state index in [4.69, 9.17) is 11.6 Å². The number of nitrogens with one attached hydrogen (secondary N) is 4. The minimum atomic E-state index is -0.845. The summed E-state index contributed by atoms with van der Waals surface area (Å²) in [5, 5.41) is 18.5. The third-order valence-electron chi connectivity index (χ3n) is 7.06. The number of fused-ring (bicyclic) bond motifs is 1. The molecule has 3 fully saturated rings. The monoisotopic (exact) mass is 485 g/mol. The predicted octanol–water partition coefficient (Wildman–Crippen LogP) is 2.93. The van der Waals surface area contributed by atoms with Gasteiger partial charge in [-0.1, -0.05) is 30.5 Å². The SMILES string of the molecule is N#C[C@H](C[C@@H]1CC2(CC2)NC1=O)NC(=O)[C@H](CC1CC1)NC(=O)c1cc2ccc(Cl)c(F)c2[nH]1. The van der Waals surface area contributed by atoms with E-state index in [1.807, 2.05) is 0 Å². The highest BCUT2D eigenvalue weighted by Gasteiger charge is 2.52. The number of hydrogen-bond donors (Lipinski definition) is 4. The van der Waals surface area contributed by atoms with Gasteiger partial charge in [0, 0.05) is 16.8 Å². The normalized spacial score (nSPS) is 22.1. The van der Waals surface area contributed by atoms with Gasteiger partial charge in [0.25, 0.3) is 5.91 Å². The van der Waals surface area contributed by atoms with Crippen LogP contribution in [0.25, 0.3) is 10.9 Å². The predicted molar refractivity (Wildman–Crippen MR) is 122 cm³/mol. The standard InChI is InChI=1S/C24H25ClFN5O3/c25-16-4-3-13-9-18(29-20(13)19(16)26)23(34)30-17(7-12-1-2-12)22(33)28-15(11-27)8-14-10-24(5-6-24)31-21(14)32/h3-4,9,12,14-15,17,29H,1-2,5-8,10H2,(H,28,33)(H,30,34)(H,31,32)/t14-,15+,17+/m1/s1. The first-order chi connectivity index (χ1) is 16.3. The van der Waals surface area contributed by atoms with Crippen LogP contribution in [0.5, 0.6) is 0 Å². The molecule has 3 amide bonds.